The van der Waals surface area contributed by atoms with Crippen LogP contribution in [0.3, 0.4) is 0 Å². The summed E-state index contributed by atoms with van der Waals surface area (Å²) < 4.78 is 75.0. The van der Waals surface area contributed by atoms with Gasteiger partial charge in [-0.2, -0.15) is 18.2 Å². The van der Waals surface area contributed by atoms with E-state index in [9.17, 15) is 21.6 Å². The van der Waals surface area contributed by atoms with Gasteiger partial charge in [-0.15, -0.1) is 0 Å². The number of ether oxygens (including phenoxy) is 1. The fourth-order valence-electron chi connectivity index (χ4n) is 3.38. The highest BCUT2D eigenvalue weighted by Crippen LogP contribution is 2.43. The van der Waals surface area contributed by atoms with Crippen molar-refractivity contribution in [3.05, 3.63) is 41.5 Å². The summed E-state index contributed by atoms with van der Waals surface area (Å²) in [5.41, 5.74) is -0.993. The largest absolute Gasteiger partial charge is 0.416 e. The van der Waals surface area contributed by atoms with E-state index >= 15 is 0 Å². The minimum absolute atomic E-state index is 0.0369. The molecule has 0 amide bonds. The lowest BCUT2D eigenvalue weighted by Crippen LogP contribution is -2.42. The second-order valence-corrected chi connectivity index (χ2v) is 10.0. The van der Waals surface area contributed by atoms with Crippen molar-refractivity contribution < 1.29 is 30.8 Å². The number of halogens is 3. The van der Waals surface area contributed by atoms with Gasteiger partial charge >= 0.3 is 6.18 Å². The molecule has 6 nitrogen and oxygen atoms in total. The van der Waals surface area contributed by atoms with Gasteiger partial charge in [0.05, 0.1) is 15.2 Å². The van der Waals surface area contributed by atoms with Crippen LogP contribution in [0.15, 0.2) is 33.7 Å². The Hall–Kier alpha value is -1.94. The number of aromatic nitrogens is 2. The van der Waals surface area contributed by atoms with Gasteiger partial charge in [0, 0.05) is 18.9 Å². The van der Waals surface area contributed by atoms with Crippen LogP contribution in [0.1, 0.15) is 61.9 Å². The fourth-order valence-corrected chi connectivity index (χ4v) is 5.21. The van der Waals surface area contributed by atoms with Crippen LogP contribution in [0.25, 0.3) is 0 Å². The Bertz CT molecular complexity index is 985. The van der Waals surface area contributed by atoms with Crippen LogP contribution in [0.2, 0.25) is 0 Å². The van der Waals surface area contributed by atoms with Crippen molar-refractivity contribution in [3.8, 4) is 0 Å². The summed E-state index contributed by atoms with van der Waals surface area (Å²) in [5.74, 6) is 1.06. The monoisotopic (exact) mass is 416 g/mol. The molecule has 152 valence electrons. The molecule has 1 saturated heterocycles. The molecule has 1 aromatic heterocycles. The maximum Gasteiger partial charge on any atom is 0.416 e. The zero-order chi connectivity index (χ0) is 20.2. The van der Waals surface area contributed by atoms with E-state index in [0.717, 1.165) is 25.0 Å². The molecule has 0 bridgehead atoms. The number of hydrogen-bond donors (Lipinski definition) is 0. The number of alkyl halides is 3. The Balaban J connectivity index is 1.62. The minimum Gasteiger partial charge on any atom is -0.370 e. The molecule has 1 aromatic carbocycles. The van der Waals surface area contributed by atoms with Crippen molar-refractivity contribution >= 4 is 9.84 Å². The van der Waals surface area contributed by atoms with Crippen molar-refractivity contribution in [1.82, 2.24) is 10.1 Å². The van der Waals surface area contributed by atoms with Crippen molar-refractivity contribution in [2.75, 3.05) is 6.61 Å². The van der Waals surface area contributed by atoms with Gasteiger partial charge < -0.3 is 9.26 Å². The first-order chi connectivity index (χ1) is 13.1. The van der Waals surface area contributed by atoms with Crippen LogP contribution in [-0.4, -0.2) is 29.9 Å². The van der Waals surface area contributed by atoms with Crippen molar-refractivity contribution in [1.29, 1.82) is 0 Å². The minimum atomic E-state index is -4.62. The molecular formula is C18H19F3N2O4S. The predicted molar refractivity (Wildman–Crippen MR) is 91.2 cm³/mol. The first kappa shape index (κ1) is 19.4. The van der Waals surface area contributed by atoms with Crippen LogP contribution in [-0.2, 0) is 20.8 Å². The first-order valence-corrected chi connectivity index (χ1v) is 10.5. The molecule has 1 aliphatic heterocycles. The van der Waals surface area contributed by atoms with E-state index in [0.29, 0.717) is 12.0 Å². The molecule has 10 heteroatoms. The zero-order valence-corrected chi connectivity index (χ0v) is 15.9. The molecule has 1 aliphatic carbocycles. The number of benzene rings is 1. The summed E-state index contributed by atoms with van der Waals surface area (Å²) in [5, 5.41) is 3.91. The molecular weight excluding hydrogens is 397 g/mol. The molecule has 1 saturated carbocycles. The molecule has 2 heterocycles. The van der Waals surface area contributed by atoms with Crippen LogP contribution < -0.4 is 0 Å². The SMILES string of the molecule is CC1(S(=O)(=O)c2cccc(C(F)(F)F)c2)CCOC(c2noc(C3CC3)n2)C1. The maximum atomic E-state index is 13.2. The number of nitrogens with zero attached hydrogens (tertiary/aromatic N) is 2. The second kappa shape index (κ2) is 6.55. The van der Waals surface area contributed by atoms with Crippen LogP contribution >= 0.6 is 0 Å². The quantitative estimate of drug-likeness (QED) is 0.748. The Morgan fingerprint density at radius 2 is 2.00 bits per heavy atom. The van der Waals surface area contributed by atoms with Gasteiger partial charge in [0.2, 0.25) is 11.7 Å². The summed E-state index contributed by atoms with van der Waals surface area (Å²) in [6.45, 7) is 1.66. The van der Waals surface area contributed by atoms with Crippen molar-refractivity contribution in [3.63, 3.8) is 0 Å². The highest BCUT2D eigenvalue weighted by molar-refractivity contribution is 7.92. The summed E-state index contributed by atoms with van der Waals surface area (Å²) in [6.07, 6.45) is -3.14. The molecule has 2 aliphatic rings. The molecule has 28 heavy (non-hydrogen) atoms. The number of rotatable bonds is 4. The topological polar surface area (TPSA) is 82.3 Å². The third kappa shape index (κ3) is 3.43. The van der Waals surface area contributed by atoms with E-state index in [-0.39, 0.29) is 36.1 Å². The lowest BCUT2D eigenvalue weighted by molar-refractivity contribution is -0.137. The van der Waals surface area contributed by atoms with Gasteiger partial charge in [0.1, 0.15) is 6.10 Å². The average Bonchev–Trinajstić information content (AvgIpc) is 3.38. The summed E-state index contributed by atoms with van der Waals surface area (Å²) in [4.78, 5) is 3.97. The average molecular weight is 416 g/mol. The Kier molecular flexibility index (Phi) is 4.53. The smallest absolute Gasteiger partial charge is 0.370 e. The van der Waals surface area contributed by atoms with Gasteiger partial charge in [-0.3, -0.25) is 0 Å². The molecule has 0 N–H and O–H groups in total. The lowest BCUT2D eigenvalue weighted by atomic mass is 9.96. The Morgan fingerprint density at radius 3 is 2.68 bits per heavy atom. The van der Waals surface area contributed by atoms with Crippen LogP contribution in [0.4, 0.5) is 13.2 Å². The number of sulfone groups is 1. The van der Waals surface area contributed by atoms with E-state index in [1.54, 1.807) is 0 Å². The maximum absolute atomic E-state index is 13.2. The first-order valence-electron chi connectivity index (χ1n) is 8.97. The van der Waals surface area contributed by atoms with E-state index in [1.165, 1.54) is 13.0 Å². The van der Waals surface area contributed by atoms with Crippen LogP contribution in [0.5, 0.6) is 0 Å². The second-order valence-electron chi connectivity index (χ2n) is 7.56. The summed E-state index contributed by atoms with van der Waals surface area (Å²) in [6, 6.07) is 3.84. The highest BCUT2D eigenvalue weighted by atomic mass is 32.2. The molecule has 4 rings (SSSR count). The zero-order valence-electron chi connectivity index (χ0n) is 15.1. The molecule has 2 unspecified atom stereocenters. The van der Waals surface area contributed by atoms with Gasteiger partial charge in [-0.25, -0.2) is 8.42 Å². The molecule has 2 atom stereocenters. The van der Waals surface area contributed by atoms with E-state index in [4.69, 9.17) is 9.26 Å². The molecule has 0 spiro atoms. The standard InChI is InChI=1S/C18H19F3N2O4S/c1-17(28(24,25)13-4-2-3-12(9-13)18(19,20)21)7-8-26-14(10-17)15-22-16(27-23-15)11-5-6-11/h2-4,9,11,14H,5-8,10H2,1H3. The Labute approximate surface area is 160 Å². The van der Waals surface area contributed by atoms with Gasteiger partial charge in [0.25, 0.3) is 0 Å². The van der Waals surface area contributed by atoms with Crippen molar-refractivity contribution in [2.24, 2.45) is 0 Å². The van der Waals surface area contributed by atoms with Gasteiger partial charge in [-0.05, 0) is 44.4 Å². The van der Waals surface area contributed by atoms with E-state index in [1.807, 2.05) is 0 Å². The molecule has 2 aromatic rings. The van der Waals surface area contributed by atoms with E-state index in [2.05, 4.69) is 10.1 Å². The predicted octanol–water partition coefficient (Wildman–Crippen LogP) is 4.05. The lowest BCUT2D eigenvalue weighted by Gasteiger charge is -2.36. The molecule has 2 fully saturated rings. The Morgan fingerprint density at radius 1 is 1.25 bits per heavy atom. The highest BCUT2D eigenvalue weighted by Gasteiger charge is 2.47. The third-order valence-electron chi connectivity index (χ3n) is 5.36. The van der Waals surface area contributed by atoms with Gasteiger partial charge in [0.15, 0.2) is 9.84 Å². The van der Waals surface area contributed by atoms with Crippen molar-refractivity contribution in [2.45, 2.75) is 60.4 Å². The molecule has 0 radical (unpaired) electrons. The van der Waals surface area contributed by atoms with Crippen LogP contribution in [0, 0.1) is 0 Å². The normalized spacial score (nSPS) is 26.4. The summed E-state index contributed by atoms with van der Waals surface area (Å²) >= 11 is 0. The fraction of sp³-hybridized carbons (Fsp3) is 0.556. The third-order valence-corrected chi connectivity index (χ3v) is 7.90. The summed E-state index contributed by atoms with van der Waals surface area (Å²) in [7, 11) is -4.05. The number of hydrogen-bond acceptors (Lipinski definition) is 6. The van der Waals surface area contributed by atoms with Gasteiger partial charge in [-0.1, -0.05) is 11.2 Å². The van der Waals surface area contributed by atoms with E-state index < -0.39 is 32.4 Å².